The van der Waals surface area contributed by atoms with Gasteiger partial charge in [-0.25, -0.2) is 0 Å². The molecule has 2 atom stereocenters. The molecule has 6 heteroatoms. The van der Waals surface area contributed by atoms with E-state index in [1.54, 1.807) is 36.7 Å². The van der Waals surface area contributed by atoms with Crippen LogP contribution < -0.4 is 10.6 Å². The molecule has 1 aromatic heterocycles. The van der Waals surface area contributed by atoms with Crippen LogP contribution in [0.1, 0.15) is 17.5 Å². The minimum atomic E-state index is -0.315. The summed E-state index contributed by atoms with van der Waals surface area (Å²) in [6, 6.07) is 12.4. The molecule has 0 radical (unpaired) electrons. The van der Waals surface area contributed by atoms with Crippen molar-refractivity contribution >= 4 is 17.5 Å². The number of nitrogens with zero attached hydrogens (tertiary/aromatic N) is 2. The molecule has 6 nitrogen and oxygen atoms in total. The highest BCUT2D eigenvalue weighted by atomic mass is 16.2. The van der Waals surface area contributed by atoms with Crippen LogP contribution in [0.4, 0.5) is 5.69 Å². The normalized spacial score (nSPS) is 18.3. The van der Waals surface area contributed by atoms with Crippen molar-refractivity contribution in [3.05, 3.63) is 59.9 Å². The maximum absolute atomic E-state index is 12.2. The molecule has 1 saturated carbocycles. The molecule has 2 unspecified atom stereocenters. The van der Waals surface area contributed by atoms with E-state index in [4.69, 9.17) is 5.26 Å². The van der Waals surface area contributed by atoms with Crippen molar-refractivity contribution in [2.24, 2.45) is 11.8 Å². The molecule has 24 heavy (non-hydrogen) atoms. The number of benzene rings is 1. The molecular weight excluding hydrogens is 304 g/mol. The van der Waals surface area contributed by atoms with E-state index >= 15 is 0 Å². The number of carbonyl (C=O) groups is 2. The molecule has 0 bridgehead atoms. The van der Waals surface area contributed by atoms with E-state index in [1.807, 2.05) is 18.2 Å². The van der Waals surface area contributed by atoms with Crippen LogP contribution in [0, 0.1) is 23.2 Å². The fourth-order valence-corrected chi connectivity index (χ4v) is 2.50. The fraction of sp³-hybridized carbons (Fsp3) is 0.222. The van der Waals surface area contributed by atoms with Crippen molar-refractivity contribution in [2.45, 2.75) is 13.0 Å². The topological polar surface area (TPSA) is 94.9 Å². The van der Waals surface area contributed by atoms with Gasteiger partial charge in [0.05, 0.1) is 23.5 Å². The molecule has 1 aliphatic carbocycles. The van der Waals surface area contributed by atoms with Crippen LogP contribution in [-0.4, -0.2) is 16.8 Å². The average molecular weight is 320 g/mol. The molecule has 2 N–H and O–H groups in total. The number of aromatic nitrogens is 1. The first-order valence-electron chi connectivity index (χ1n) is 7.65. The summed E-state index contributed by atoms with van der Waals surface area (Å²) in [5.41, 5.74) is 1.97. The van der Waals surface area contributed by atoms with Crippen molar-refractivity contribution in [1.82, 2.24) is 10.3 Å². The molecule has 2 aromatic rings. The third-order valence-electron chi connectivity index (χ3n) is 3.91. The average Bonchev–Trinajstić information content (AvgIpc) is 3.42. The maximum atomic E-state index is 12.2. The Morgan fingerprint density at radius 2 is 2.04 bits per heavy atom. The lowest BCUT2D eigenvalue weighted by molar-refractivity contribution is -0.125. The standard InChI is InChI=1S/C18H16N4O2/c19-9-12-3-1-5-14(7-12)22-18(24)16-8-15(16)17(23)21-11-13-4-2-6-20-10-13/h1-7,10,15-16H,8,11H2,(H,21,23)(H,22,24). The molecule has 1 fully saturated rings. The van der Waals surface area contributed by atoms with E-state index in [-0.39, 0.29) is 23.7 Å². The van der Waals surface area contributed by atoms with Gasteiger partial charge < -0.3 is 10.6 Å². The van der Waals surface area contributed by atoms with Gasteiger partial charge in [-0.15, -0.1) is 0 Å². The van der Waals surface area contributed by atoms with E-state index < -0.39 is 0 Å². The van der Waals surface area contributed by atoms with Gasteiger partial charge in [-0.3, -0.25) is 14.6 Å². The van der Waals surface area contributed by atoms with Crippen LogP contribution >= 0.6 is 0 Å². The first-order valence-corrected chi connectivity index (χ1v) is 7.65. The minimum Gasteiger partial charge on any atom is -0.352 e. The summed E-state index contributed by atoms with van der Waals surface area (Å²) in [5.74, 6) is -0.915. The minimum absolute atomic E-state index is 0.121. The second-order valence-corrected chi connectivity index (χ2v) is 5.71. The predicted octanol–water partition coefficient (Wildman–Crippen LogP) is 1.84. The SMILES string of the molecule is N#Cc1cccc(NC(=O)C2CC2C(=O)NCc2cccnc2)c1. The molecule has 1 aliphatic rings. The lowest BCUT2D eigenvalue weighted by Crippen LogP contribution is -2.27. The smallest absolute Gasteiger partial charge is 0.228 e. The number of hydrogen-bond donors (Lipinski definition) is 2. The van der Waals surface area contributed by atoms with E-state index in [0.29, 0.717) is 24.2 Å². The Balaban J connectivity index is 1.50. The highest BCUT2D eigenvalue weighted by Gasteiger charge is 2.47. The number of nitriles is 1. The third-order valence-corrected chi connectivity index (χ3v) is 3.91. The first-order chi connectivity index (χ1) is 11.7. The molecule has 0 saturated heterocycles. The van der Waals surface area contributed by atoms with E-state index in [0.717, 1.165) is 5.56 Å². The monoisotopic (exact) mass is 320 g/mol. The second kappa shape index (κ2) is 6.92. The summed E-state index contributed by atoms with van der Waals surface area (Å²) in [7, 11) is 0. The van der Waals surface area contributed by atoms with Gasteiger partial charge in [0, 0.05) is 24.6 Å². The lowest BCUT2D eigenvalue weighted by atomic mass is 10.2. The summed E-state index contributed by atoms with van der Waals surface area (Å²) in [6.45, 7) is 0.404. The summed E-state index contributed by atoms with van der Waals surface area (Å²) in [5, 5.41) is 14.4. The van der Waals surface area contributed by atoms with Gasteiger partial charge in [0.1, 0.15) is 0 Å². The summed E-state index contributed by atoms with van der Waals surface area (Å²) < 4.78 is 0. The molecule has 3 rings (SSSR count). The van der Waals surface area contributed by atoms with Gasteiger partial charge in [0.25, 0.3) is 0 Å². The maximum Gasteiger partial charge on any atom is 0.228 e. The Morgan fingerprint density at radius 3 is 2.79 bits per heavy atom. The van der Waals surface area contributed by atoms with Crippen LogP contribution in [0.3, 0.4) is 0 Å². The lowest BCUT2D eigenvalue weighted by Gasteiger charge is -2.06. The number of hydrogen-bond acceptors (Lipinski definition) is 4. The Bertz CT molecular complexity index is 798. The molecular formula is C18H16N4O2. The Kier molecular flexibility index (Phi) is 4.52. The van der Waals surface area contributed by atoms with Gasteiger partial charge in [-0.2, -0.15) is 5.26 Å². The van der Waals surface area contributed by atoms with Gasteiger partial charge in [-0.1, -0.05) is 12.1 Å². The number of nitrogens with one attached hydrogen (secondary N) is 2. The van der Waals surface area contributed by atoms with Gasteiger partial charge >= 0.3 is 0 Å². The molecule has 0 spiro atoms. The molecule has 0 aliphatic heterocycles. The second-order valence-electron chi connectivity index (χ2n) is 5.71. The zero-order valence-corrected chi connectivity index (χ0v) is 12.9. The zero-order chi connectivity index (χ0) is 16.9. The number of pyridine rings is 1. The van der Waals surface area contributed by atoms with Crippen molar-refractivity contribution < 1.29 is 9.59 Å². The van der Waals surface area contributed by atoms with Gasteiger partial charge in [0.15, 0.2) is 0 Å². The summed E-state index contributed by atoms with van der Waals surface area (Å²) in [4.78, 5) is 28.3. The van der Waals surface area contributed by atoms with Crippen LogP contribution in [0.25, 0.3) is 0 Å². The van der Waals surface area contributed by atoms with Crippen molar-refractivity contribution in [1.29, 1.82) is 5.26 Å². The van der Waals surface area contributed by atoms with Crippen LogP contribution in [-0.2, 0) is 16.1 Å². The number of rotatable bonds is 5. The van der Waals surface area contributed by atoms with Gasteiger partial charge in [0.2, 0.25) is 11.8 Å². The molecule has 1 aromatic carbocycles. The van der Waals surface area contributed by atoms with E-state index in [1.165, 1.54) is 0 Å². The highest BCUT2D eigenvalue weighted by molar-refractivity contribution is 5.99. The predicted molar refractivity (Wildman–Crippen MR) is 87.5 cm³/mol. The zero-order valence-electron chi connectivity index (χ0n) is 12.9. The van der Waals surface area contributed by atoms with E-state index in [2.05, 4.69) is 15.6 Å². The Morgan fingerprint density at radius 1 is 1.21 bits per heavy atom. The Labute approximate surface area is 139 Å². The highest BCUT2D eigenvalue weighted by Crippen LogP contribution is 2.39. The van der Waals surface area contributed by atoms with Crippen molar-refractivity contribution in [3.8, 4) is 6.07 Å². The fourth-order valence-electron chi connectivity index (χ4n) is 2.50. The van der Waals surface area contributed by atoms with Crippen LogP contribution in [0.5, 0.6) is 0 Å². The molecule has 1 heterocycles. The largest absolute Gasteiger partial charge is 0.352 e. The number of amides is 2. The van der Waals surface area contributed by atoms with Crippen LogP contribution in [0.15, 0.2) is 48.8 Å². The molecule has 120 valence electrons. The van der Waals surface area contributed by atoms with Crippen LogP contribution in [0.2, 0.25) is 0 Å². The summed E-state index contributed by atoms with van der Waals surface area (Å²) in [6.07, 6.45) is 3.91. The number of carbonyl (C=O) groups excluding carboxylic acids is 2. The van der Waals surface area contributed by atoms with Crippen molar-refractivity contribution in [2.75, 3.05) is 5.32 Å². The number of anilines is 1. The van der Waals surface area contributed by atoms with E-state index in [9.17, 15) is 9.59 Å². The first kappa shape index (κ1) is 15.7. The third kappa shape index (κ3) is 3.76. The quantitative estimate of drug-likeness (QED) is 0.879. The molecule has 2 amide bonds. The van der Waals surface area contributed by atoms with Crippen molar-refractivity contribution in [3.63, 3.8) is 0 Å². The summed E-state index contributed by atoms with van der Waals surface area (Å²) >= 11 is 0. The van der Waals surface area contributed by atoms with Gasteiger partial charge in [-0.05, 0) is 36.2 Å². The Hall–Kier alpha value is -3.20.